The molecule has 0 bridgehead atoms. The standard InChI is InChI=1S/C12H21BrN4OS/c13-12-10(16-17(9-15)11(12)8-14)4-3-7-19-6-2-1-5-18/h3-4,18H,1-2,5-9,14-15H2/b4-3+. The summed E-state index contributed by atoms with van der Waals surface area (Å²) in [5.74, 6) is 2.00. The lowest BCUT2D eigenvalue weighted by atomic mass is 10.3. The van der Waals surface area contributed by atoms with Crippen LogP contribution in [0, 0.1) is 0 Å². The first-order valence-electron chi connectivity index (χ1n) is 6.25. The number of halogens is 1. The van der Waals surface area contributed by atoms with Gasteiger partial charge in [0.05, 0.1) is 22.5 Å². The number of aromatic nitrogens is 2. The van der Waals surface area contributed by atoms with E-state index in [0.717, 1.165) is 40.2 Å². The molecule has 0 saturated heterocycles. The van der Waals surface area contributed by atoms with Crippen LogP contribution in [0.4, 0.5) is 0 Å². The molecule has 0 aliphatic rings. The normalized spacial score (nSPS) is 11.6. The first-order chi connectivity index (χ1) is 9.24. The minimum Gasteiger partial charge on any atom is -0.396 e. The molecule has 19 heavy (non-hydrogen) atoms. The summed E-state index contributed by atoms with van der Waals surface area (Å²) in [6, 6.07) is 0. The van der Waals surface area contributed by atoms with Crippen molar-refractivity contribution in [3.05, 3.63) is 21.9 Å². The Kier molecular flexibility index (Phi) is 8.40. The minimum absolute atomic E-state index is 0.279. The maximum atomic E-state index is 8.66. The van der Waals surface area contributed by atoms with Gasteiger partial charge in [0.15, 0.2) is 0 Å². The van der Waals surface area contributed by atoms with Crippen LogP contribution in [-0.2, 0) is 13.2 Å². The van der Waals surface area contributed by atoms with Crippen molar-refractivity contribution in [1.82, 2.24) is 9.78 Å². The molecule has 0 amide bonds. The van der Waals surface area contributed by atoms with Gasteiger partial charge < -0.3 is 16.6 Å². The zero-order chi connectivity index (χ0) is 14.1. The van der Waals surface area contributed by atoms with Crippen LogP contribution in [0.5, 0.6) is 0 Å². The van der Waals surface area contributed by atoms with Gasteiger partial charge in [0.25, 0.3) is 0 Å². The lowest BCUT2D eigenvalue weighted by Crippen LogP contribution is -2.14. The van der Waals surface area contributed by atoms with Crippen LogP contribution in [0.1, 0.15) is 24.2 Å². The number of aliphatic hydroxyl groups excluding tert-OH is 1. The summed E-state index contributed by atoms with van der Waals surface area (Å²) in [5, 5.41) is 13.0. The fraction of sp³-hybridized carbons (Fsp3) is 0.583. The topological polar surface area (TPSA) is 90.1 Å². The van der Waals surface area contributed by atoms with E-state index in [0.29, 0.717) is 13.2 Å². The lowest BCUT2D eigenvalue weighted by Gasteiger charge is -2.00. The molecule has 7 heteroatoms. The quantitative estimate of drug-likeness (QED) is 0.589. The van der Waals surface area contributed by atoms with Crippen molar-refractivity contribution in [2.45, 2.75) is 26.1 Å². The third kappa shape index (κ3) is 5.27. The first kappa shape index (κ1) is 16.7. The van der Waals surface area contributed by atoms with E-state index in [2.05, 4.69) is 27.1 Å². The lowest BCUT2D eigenvalue weighted by molar-refractivity contribution is 0.287. The van der Waals surface area contributed by atoms with Gasteiger partial charge in [-0.2, -0.15) is 16.9 Å². The molecule has 1 rings (SSSR count). The van der Waals surface area contributed by atoms with E-state index in [9.17, 15) is 0 Å². The average molecular weight is 349 g/mol. The number of thioether (sulfide) groups is 1. The molecule has 5 nitrogen and oxygen atoms in total. The summed E-state index contributed by atoms with van der Waals surface area (Å²) >= 11 is 5.35. The molecule has 0 atom stereocenters. The van der Waals surface area contributed by atoms with Gasteiger partial charge in [-0.3, -0.25) is 4.68 Å². The fourth-order valence-corrected chi connectivity index (χ4v) is 2.96. The summed E-state index contributed by atoms with van der Waals surface area (Å²) in [6.07, 6.45) is 5.99. The monoisotopic (exact) mass is 348 g/mol. The zero-order valence-electron chi connectivity index (χ0n) is 10.9. The highest BCUT2D eigenvalue weighted by Crippen LogP contribution is 2.22. The molecule has 0 aliphatic carbocycles. The highest BCUT2D eigenvalue weighted by Gasteiger charge is 2.11. The van der Waals surface area contributed by atoms with Crippen LogP contribution in [0.15, 0.2) is 10.5 Å². The van der Waals surface area contributed by atoms with Crippen LogP contribution in [0.3, 0.4) is 0 Å². The van der Waals surface area contributed by atoms with Crippen LogP contribution >= 0.6 is 27.7 Å². The Balaban J connectivity index is 2.46. The second-order valence-electron chi connectivity index (χ2n) is 3.94. The van der Waals surface area contributed by atoms with Gasteiger partial charge in [0.1, 0.15) is 0 Å². The molecule has 108 valence electrons. The Labute approximate surface area is 126 Å². The summed E-state index contributed by atoms with van der Waals surface area (Å²) in [7, 11) is 0. The van der Waals surface area contributed by atoms with Crippen molar-refractivity contribution < 1.29 is 5.11 Å². The van der Waals surface area contributed by atoms with Crippen LogP contribution < -0.4 is 11.5 Å². The van der Waals surface area contributed by atoms with Gasteiger partial charge in [0.2, 0.25) is 0 Å². The molecule has 0 radical (unpaired) electrons. The molecule has 0 aliphatic heterocycles. The van der Waals surface area contributed by atoms with Gasteiger partial charge in [-0.25, -0.2) is 0 Å². The molecule has 0 fully saturated rings. The Morgan fingerprint density at radius 2 is 2.16 bits per heavy atom. The van der Waals surface area contributed by atoms with Gasteiger partial charge in [-0.05, 0) is 40.6 Å². The highest BCUT2D eigenvalue weighted by atomic mass is 79.9. The molecule has 0 unspecified atom stereocenters. The Bertz CT molecular complexity index is 409. The number of hydrogen-bond acceptors (Lipinski definition) is 5. The van der Waals surface area contributed by atoms with Crippen molar-refractivity contribution in [1.29, 1.82) is 0 Å². The van der Waals surface area contributed by atoms with Crippen LogP contribution in [-0.4, -0.2) is 33.0 Å². The van der Waals surface area contributed by atoms with Crippen molar-refractivity contribution in [2.24, 2.45) is 11.5 Å². The minimum atomic E-state index is 0.279. The second kappa shape index (κ2) is 9.55. The van der Waals surface area contributed by atoms with E-state index in [1.165, 1.54) is 0 Å². The van der Waals surface area contributed by atoms with Crippen molar-refractivity contribution >= 4 is 33.8 Å². The number of aliphatic hydroxyl groups is 1. The van der Waals surface area contributed by atoms with E-state index in [-0.39, 0.29) is 6.61 Å². The molecular formula is C12H21BrN4OS. The van der Waals surface area contributed by atoms with Crippen molar-refractivity contribution in [3.63, 3.8) is 0 Å². The summed E-state index contributed by atoms with van der Waals surface area (Å²) < 4.78 is 2.62. The van der Waals surface area contributed by atoms with Gasteiger partial charge in [0, 0.05) is 18.9 Å². The summed E-state index contributed by atoms with van der Waals surface area (Å²) in [4.78, 5) is 0. The predicted octanol–water partition coefficient (Wildman–Crippen LogP) is 1.54. The zero-order valence-corrected chi connectivity index (χ0v) is 13.3. The Morgan fingerprint density at radius 3 is 2.74 bits per heavy atom. The van der Waals surface area contributed by atoms with E-state index in [1.54, 1.807) is 4.68 Å². The molecule has 0 aromatic carbocycles. The third-order valence-corrected chi connectivity index (χ3v) is 4.44. The number of hydrogen-bond donors (Lipinski definition) is 3. The predicted molar refractivity (Wildman–Crippen MR) is 84.7 cm³/mol. The number of unbranched alkanes of at least 4 members (excludes halogenated alkanes) is 1. The Morgan fingerprint density at radius 1 is 1.37 bits per heavy atom. The SMILES string of the molecule is NCc1c(Br)c(/C=C/CSCCCCO)nn1CN. The average Bonchev–Trinajstić information content (AvgIpc) is 2.73. The molecule has 0 saturated carbocycles. The van der Waals surface area contributed by atoms with Crippen LogP contribution in [0.25, 0.3) is 6.08 Å². The molecule has 1 heterocycles. The van der Waals surface area contributed by atoms with Crippen molar-refractivity contribution in [2.75, 3.05) is 18.1 Å². The Hall–Kier alpha value is -0.340. The highest BCUT2D eigenvalue weighted by molar-refractivity contribution is 9.10. The second-order valence-corrected chi connectivity index (χ2v) is 5.88. The van der Waals surface area contributed by atoms with Gasteiger partial charge in [-0.15, -0.1) is 0 Å². The van der Waals surface area contributed by atoms with E-state index in [1.807, 2.05) is 17.8 Å². The van der Waals surface area contributed by atoms with E-state index in [4.69, 9.17) is 16.6 Å². The summed E-state index contributed by atoms with van der Waals surface area (Å²) in [5.41, 5.74) is 13.1. The van der Waals surface area contributed by atoms with Gasteiger partial charge >= 0.3 is 0 Å². The van der Waals surface area contributed by atoms with Crippen molar-refractivity contribution in [3.8, 4) is 0 Å². The molecule has 1 aromatic rings. The van der Waals surface area contributed by atoms with Gasteiger partial charge in [-0.1, -0.05) is 6.08 Å². The maximum absolute atomic E-state index is 8.66. The molecule has 1 aromatic heterocycles. The fourth-order valence-electron chi connectivity index (χ4n) is 1.57. The first-order valence-corrected chi connectivity index (χ1v) is 8.19. The smallest absolute Gasteiger partial charge is 0.0994 e. The van der Waals surface area contributed by atoms with Crippen LogP contribution in [0.2, 0.25) is 0 Å². The maximum Gasteiger partial charge on any atom is 0.0994 e. The largest absolute Gasteiger partial charge is 0.396 e. The molecule has 0 spiro atoms. The molecule has 5 N–H and O–H groups in total. The molecular weight excluding hydrogens is 328 g/mol. The van der Waals surface area contributed by atoms with E-state index < -0.39 is 0 Å². The summed E-state index contributed by atoms with van der Waals surface area (Å²) in [6.45, 7) is 1.02. The number of nitrogens with zero attached hydrogens (tertiary/aromatic N) is 2. The third-order valence-electron chi connectivity index (χ3n) is 2.57. The number of nitrogens with two attached hydrogens (primary N) is 2. The number of rotatable bonds is 9. The van der Waals surface area contributed by atoms with E-state index >= 15 is 0 Å².